The third-order valence-corrected chi connectivity index (χ3v) is 9.32. The van der Waals surface area contributed by atoms with E-state index in [1.54, 1.807) is 6.08 Å². The number of fused-ring (bicyclic) bond motifs is 7. The zero-order valence-corrected chi connectivity index (χ0v) is 17.6. The highest BCUT2D eigenvalue weighted by molar-refractivity contribution is 6.01. The Bertz CT molecular complexity index is 756. The van der Waals surface area contributed by atoms with Gasteiger partial charge < -0.3 is 14.6 Å². The fraction of sp³-hybridized carbons (Fsp3) is 0.792. The molecule has 5 aliphatic rings. The molecule has 28 heavy (non-hydrogen) atoms. The first-order valence-electron chi connectivity index (χ1n) is 11.2. The maximum atomic E-state index is 11.9. The van der Waals surface area contributed by atoms with Gasteiger partial charge in [0, 0.05) is 16.7 Å². The molecule has 0 bridgehead atoms. The summed E-state index contributed by atoms with van der Waals surface area (Å²) in [5.41, 5.74) is 0.609. The molecule has 4 fully saturated rings. The lowest BCUT2D eigenvalue weighted by molar-refractivity contribution is -0.190. The normalized spacial score (nSPS) is 54.6. The fourth-order valence-corrected chi connectivity index (χ4v) is 7.74. The molecule has 0 radical (unpaired) electrons. The summed E-state index contributed by atoms with van der Waals surface area (Å²) in [5, 5.41) is 11.4. The molecule has 0 aromatic carbocycles. The van der Waals surface area contributed by atoms with Crippen molar-refractivity contribution in [3.05, 3.63) is 23.8 Å². The minimum atomic E-state index is -0.387. The molecule has 0 spiro atoms. The van der Waals surface area contributed by atoms with Crippen molar-refractivity contribution in [2.75, 3.05) is 0 Å². The number of aliphatic hydroxyl groups excluding tert-OH is 1. The molecule has 7 unspecified atom stereocenters. The molecule has 5 rings (SSSR count). The predicted octanol–water partition coefficient (Wildman–Crippen LogP) is 4.18. The Morgan fingerprint density at radius 2 is 2.07 bits per heavy atom. The van der Waals surface area contributed by atoms with Gasteiger partial charge >= 0.3 is 0 Å². The molecule has 154 valence electrons. The summed E-state index contributed by atoms with van der Waals surface area (Å²) >= 11 is 0. The summed E-state index contributed by atoms with van der Waals surface area (Å²) in [4.78, 5) is 11.9. The van der Waals surface area contributed by atoms with Crippen LogP contribution in [-0.2, 0) is 14.3 Å². The quantitative estimate of drug-likeness (QED) is 0.774. The van der Waals surface area contributed by atoms with Crippen molar-refractivity contribution in [1.82, 2.24) is 0 Å². The molecule has 1 N–H and O–H groups in total. The van der Waals surface area contributed by atoms with Gasteiger partial charge in [0.2, 0.25) is 0 Å². The Balaban J connectivity index is 1.50. The standard InChI is InChI=1S/C24H34O4/c1-5-6-20-27-19-12-17-16-8-7-14-11-15(25)9-10-22(14,2)21(16)18(26)13-23(17,3)24(19,4)28-20/h9-11,16-21,26H,5-8,12-13H2,1-4H3/t16?,17?,18?,19?,20?,21?,22-,23-,24?/m0/s1. The van der Waals surface area contributed by atoms with Crippen LogP contribution in [0.2, 0.25) is 0 Å². The van der Waals surface area contributed by atoms with Crippen molar-refractivity contribution < 1.29 is 19.4 Å². The average molecular weight is 387 g/mol. The van der Waals surface area contributed by atoms with Crippen LogP contribution in [0.3, 0.4) is 0 Å². The lowest BCUT2D eigenvalue weighted by Gasteiger charge is -2.59. The number of aliphatic hydroxyl groups is 1. The van der Waals surface area contributed by atoms with E-state index >= 15 is 0 Å². The third-order valence-electron chi connectivity index (χ3n) is 9.32. The van der Waals surface area contributed by atoms with E-state index in [-0.39, 0.29) is 46.6 Å². The van der Waals surface area contributed by atoms with E-state index < -0.39 is 0 Å². The van der Waals surface area contributed by atoms with Gasteiger partial charge in [-0.2, -0.15) is 0 Å². The molecule has 4 heteroatoms. The van der Waals surface area contributed by atoms with Crippen molar-refractivity contribution in [3.8, 4) is 0 Å². The predicted molar refractivity (Wildman–Crippen MR) is 106 cm³/mol. The van der Waals surface area contributed by atoms with Gasteiger partial charge in [-0.1, -0.05) is 38.8 Å². The summed E-state index contributed by atoms with van der Waals surface area (Å²) in [6.45, 7) is 8.96. The minimum Gasteiger partial charge on any atom is -0.393 e. The van der Waals surface area contributed by atoms with E-state index in [2.05, 4.69) is 33.8 Å². The van der Waals surface area contributed by atoms with Crippen LogP contribution < -0.4 is 0 Å². The zero-order chi connectivity index (χ0) is 19.9. The summed E-state index contributed by atoms with van der Waals surface area (Å²) in [6, 6.07) is 0. The monoisotopic (exact) mass is 386 g/mol. The van der Waals surface area contributed by atoms with Crippen LogP contribution in [0.4, 0.5) is 0 Å². The van der Waals surface area contributed by atoms with Crippen molar-refractivity contribution in [2.45, 2.75) is 90.3 Å². The Kier molecular flexibility index (Phi) is 4.09. The first kappa shape index (κ1) is 19.0. The molecule has 1 saturated heterocycles. The molecule has 9 atom stereocenters. The van der Waals surface area contributed by atoms with E-state index in [1.807, 2.05) is 6.08 Å². The van der Waals surface area contributed by atoms with Crippen LogP contribution >= 0.6 is 0 Å². The van der Waals surface area contributed by atoms with Gasteiger partial charge in [0.25, 0.3) is 0 Å². The number of ketones is 1. The highest BCUT2D eigenvalue weighted by Crippen LogP contribution is 2.69. The van der Waals surface area contributed by atoms with Gasteiger partial charge in [-0.25, -0.2) is 0 Å². The molecule has 0 aromatic heterocycles. The van der Waals surface area contributed by atoms with Crippen LogP contribution in [0.25, 0.3) is 0 Å². The average Bonchev–Trinajstić information content (AvgIpc) is 3.05. The van der Waals surface area contributed by atoms with Crippen molar-refractivity contribution in [2.24, 2.45) is 28.6 Å². The molecule has 4 aliphatic carbocycles. The Labute approximate surface area is 168 Å². The lowest BCUT2D eigenvalue weighted by atomic mass is 9.46. The highest BCUT2D eigenvalue weighted by atomic mass is 16.7. The lowest BCUT2D eigenvalue weighted by Crippen LogP contribution is -2.59. The smallest absolute Gasteiger partial charge is 0.178 e. The van der Waals surface area contributed by atoms with E-state index in [0.29, 0.717) is 11.8 Å². The van der Waals surface area contributed by atoms with E-state index in [4.69, 9.17) is 9.47 Å². The molecule has 0 aromatic rings. The van der Waals surface area contributed by atoms with Crippen molar-refractivity contribution in [1.29, 1.82) is 0 Å². The Morgan fingerprint density at radius 3 is 2.82 bits per heavy atom. The molecule has 1 heterocycles. The van der Waals surface area contributed by atoms with Crippen LogP contribution in [0.5, 0.6) is 0 Å². The van der Waals surface area contributed by atoms with Crippen LogP contribution in [0, 0.1) is 28.6 Å². The number of allylic oxidation sites excluding steroid dienone is 4. The molecule has 3 saturated carbocycles. The minimum absolute atomic E-state index is 0.0769. The van der Waals surface area contributed by atoms with Gasteiger partial charge in [0.15, 0.2) is 12.1 Å². The van der Waals surface area contributed by atoms with Crippen LogP contribution in [0.1, 0.15) is 66.2 Å². The second kappa shape index (κ2) is 6.02. The van der Waals surface area contributed by atoms with E-state index in [1.165, 1.54) is 5.57 Å². The summed E-state index contributed by atoms with van der Waals surface area (Å²) < 4.78 is 12.9. The third kappa shape index (κ3) is 2.26. The molecular formula is C24H34O4. The molecule has 0 amide bonds. The number of hydrogen-bond acceptors (Lipinski definition) is 4. The van der Waals surface area contributed by atoms with Crippen molar-refractivity contribution in [3.63, 3.8) is 0 Å². The molecule has 1 aliphatic heterocycles. The zero-order valence-electron chi connectivity index (χ0n) is 17.6. The number of hydrogen-bond donors (Lipinski definition) is 1. The summed E-state index contributed by atoms with van der Waals surface area (Å²) in [5.74, 6) is 1.19. The number of carbonyl (C=O) groups excluding carboxylic acids is 1. The first-order chi connectivity index (χ1) is 13.2. The van der Waals surface area contributed by atoms with Gasteiger partial charge in [-0.3, -0.25) is 4.79 Å². The second-order valence-electron chi connectivity index (χ2n) is 10.5. The maximum absolute atomic E-state index is 11.9. The first-order valence-corrected chi connectivity index (χ1v) is 11.2. The van der Waals surface area contributed by atoms with E-state index in [9.17, 15) is 9.90 Å². The SMILES string of the molecule is CCCC1OC2CC3C4CCC5=CC(=O)C=C[C@]5(C)C4C(O)C[C@]3(C)C2(C)O1. The van der Waals surface area contributed by atoms with Gasteiger partial charge in [0.1, 0.15) is 5.60 Å². The maximum Gasteiger partial charge on any atom is 0.178 e. The second-order valence-corrected chi connectivity index (χ2v) is 10.5. The van der Waals surface area contributed by atoms with Gasteiger partial charge in [-0.15, -0.1) is 0 Å². The molecule has 4 nitrogen and oxygen atoms in total. The largest absolute Gasteiger partial charge is 0.393 e. The van der Waals surface area contributed by atoms with E-state index in [0.717, 1.165) is 38.5 Å². The highest BCUT2D eigenvalue weighted by Gasteiger charge is 2.71. The topological polar surface area (TPSA) is 55.8 Å². The number of ether oxygens (including phenoxy) is 2. The fourth-order valence-electron chi connectivity index (χ4n) is 7.74. The van der Waals surface area contributed by atoms with Crippen LogP contribution in [-0.4, -0.2) is 35.0 Å². The molecular weight excluding hydrogens is 352 g/mol. The Morgan fingerprint density at radius 1 is 1.29 bits per heavy atom. The summed E-state index contributed by atoms with van der Waals surface area (Å²) in [6.07, 6.45) is 11.0. The Hall–Kier alpha value is -0.970. The summed E-state index contributed by atoms with van der Waals surface area (Å²) in [7, 11) is 0. The van der Waals surface area contributed by atoms with Crippen molar-refractivity contribution >= 4 is 5.78 Å². The van der Waals surface area contributed by atoms with Gasteiger partial charge in [-0.05, 0) is 63.0 Å². The number of rotatable bonds is 2. The van der Waals surface area contributed by atoms with Gasteiger partial charge in [0.05, 0.1) is 12.2 Å². The van der Waals surface area contributed by atoms with Crippen LogP contribution in [0.15, 0.2) is 23.8 Å². The number of carbonyl (C=O) groups is 1.